The van der Waals surface area contributed by atoms with Crippen LogP contribution in [0.4, 0.5) is 5.69 Å². The molecule has 1 aliphatic rings. The van der Waals surface area contributed by atoms with Gasteiger partial charge in [0.2, 0.25) is 6.71 Å². The summed E-state index contributed by atoms with van der Waals surface area (Å²) < 4.78 is 2.27. The van der Waals surface area contributed by atoms with Crippen LogP contribution in [-0.2, 0) is 17.1 Å². The van der Waals surface area contributed by atoms with Gasteiger partial charge in [0.05, 0.1) is 12.3 Å². The summed E-state index contributed by atoms with van der Waals surface area (Å²) in [4.78, 5) is 4.52. The Kier molecular flexibility index (Phi) is 10.6. The van der Waals surface area contributed by atoms with Crippen LogP contribution >= 0.6 is 0 Å². The summed E-state index contributed by atoms with van der Waals surface area (Å²) in [5, 5.41) is 2.50. The fourth-order valence-corrected chi connectivity index (χ4v) is 6.19. The average molecular weight is 615 g/mol. The van der Waals surface area contributed by atoms with Crippen LogP contribution in [-0.4, -0.2) is 17.4 Å². The molecule has 2 heterocycles. The Labute approximate surface area is 269 Å². The summed E-state index contributed by atoms with van der Waals surface area (Å²) in [6.07, 6.45) is 6.06. The number of fused-ring (bicyclic) bond motifs is 3. The van der Waals surface area contributed by atoms with E-state index < -0.39 is 0 Å². The third-order valence-electron chi connectivity index (χ3n) is 8.36. The Balaban J connectivity index is 0.000000250. The fourth-order valence-electron chi connectivity index (χ4n) is 6.19. The fraction of sp³-hybridized carbons (Fsp3) is 0.308. The molecule has 0 amide bonds. The normalized spacial score (nSPS) is 12.8. The van der Waals surface area contributed by atoms with Crippen LogP contribution in [0.3, 0.4) is 0 Å². The molecule has 4 heteroatoms. The Morgan fingerprint density at radius 3 is 1.42 bits per heavy atom. The monoisotopic (exact) mass is 614 g/mol. The third kappa shape index (κ3) is 6.77. The minimum atomic E-state index is 0. The van der Waals surface area contributed by atoms with Crippen molar-refractivity contribution in [2.24, 2.45) is 0 Å². The molecule has 223 valence electrons. The molecule has 43 heavy (non-hydrogen) atoms. The summed E-state index contributed by atoms with van der Waals surface area (Å²) in [6.45, 7) is 18.5. The number of benzene rings is 4. The van der Waals surface area contributed by atoms with Gasteiger partial charge in [0.1, 0.15) is 5.69 Å². The van der Waals surface area contributed by atoms with Gasteiger partial charge in [0.15, 0.2) is 0 Å². The van der Waals surface area contributed by atoms with Crippen molar-refractivity contribution in [3.05, 3.63) is 119 Å². The molecule has 2 nitrogen and oxygen atoms in total. The van der Waals surface area contributed by atoms with E-state index in [1.807, 2.05) is 12.1 Å². The number of hydrogen-bond donors (Lipinski definition) is 0. The number of rotatable bonds is 6. The minimum Gasteiger partial charge on any atom is -0.657 e. The van der Waals surface area contributed by atoms with Crippen molar-refractivity contribution >= 4 is 45.8 Å². The summed E-state index contributed by atoms with van der Waals surface area (Å²) >= 11 is 0. The van der Waals surface area contributed by atoms with Gasteiger partial charge < -0.3 is 9.56 Å². The van der Waals surface area contributed by atoms with Crippen molar-refractivity contribution in [1.29, 1.82) is 0 Å². The molecule has 0 unspecified atom stereocenters. The van der Waals surface area contributed by atoms with Gasteiger partial charge in [-0.25, -0.2) is 0 Å². The quantitative estimate of drug-likeness (QED) is 0.106. The summed E-state index contributed by atoms with van der Waals surface area (Å²) in [6, 6.07) is 30.0. The second-order valence-electron chi connectivity index (χ2n) is 12.7. The van der Waals surface area contributed by atoms with Crippen LogP contribution in [0.1, 0.15) is 101 Å². The van der Waals surface area contributed by atoms with Crippen molar-refractivity contribution in [2.45, 2.75) is 79.1 Å². The zero-order chi connectivity index (χ0) is 30.0. The second kappa shape index (κ2) is 14.0. The summed E-state index contributed by atoms with van der Waals surface area (Å²) in [5.74, 6) is 4.29. The summed E-state index contributed by atoms with van der Waals surface area (Å²) in [7, 11) is 0. The molecule has 0 aliphatic carbocycles. The summed E-state index contributed by atoms with van der Waals surface area (Å²) in [5.41, 5.74) is 10.6. The third-order valence-corrected chi connectivity index (χ3v) is 8.36. The van der Waals surface area contributed by atoms with Crippen molar-refractivity contribution in [3.63, 3.8) is 0 Å². The zero-order valence-corrected chi connectivity index (χ0v) is 27.8. The second-order valence-corrected chi connectivity index (χ2v) is 12.7. The van der Waals surface area contributed by atoms with Gasteiger partial charge in [0.25, 0.3) is 0 Å². The SMILES string of the molecule is CC(C)c1cccc(C(C)C)c1B1[C-]=[N+](c2c(C(C)C)cccc2C(C)C)C=C1.[Cu+2].c1ccc2c(c1)[n-]c1ccccc12. The van der Waals surface area contributed by atoms with E-state index in [-0.39, 0.29) is 23.8 Å². The van der Waals surface area contributed by atoms with Crippen LogP contribution in [0.25, 0.3) is 21.8 Å². The van der Waals surface area contributed by atoms with E-state index in [4.69, 9.17) is 0 Å². The van der Waals surface area contributed by atoms with Crippen LogP contribution in [0.5, 0.6) is 0 Å². The van der Waals surface area contributed by atoms with E-state index in [9.17, 15) is 0 Å². The van der Waals surface area contributed by atoms with Crippen molar-refractivity contribution < 1.29 is 21.6 Å². The van der Waals surface area contributed by atoms with E-state index in [0.717, 1.165) is 11.0 Å². The Hall–Kier alpha value is -3.33. The Bertz CT molecular complexity index is 1650. The van der Waals surface area contributed by atoms with Crippen LogP contribution in [0.2, 0.25) is 0 Å². The molecule has 0 saturated carbocycles. The van der Waals surface area contributed by atoms with Crippen molar-refractivity contribution in [1.82, 2.24) is 4.98 Å². The van der Waals surface area contributed by atoms with Gasteiger partial charge in [-0.15, -0.1) is 17.0 Å². The number of para-hydroxylation sites is 3. The first-order chi connectivity index (χ1) is 20.2. The molecular weight excluding hydrogens is 571 g/mol. The molecule has 0 N–H and O–H groups in total. The van der Waals surface area contributed by atoms with Crippen molar-refractivity contribution in [2.75, 3.05) is 0 Å². The Morgan fingerprint density at radius 1 is 0.558 bits per heavy atom. The average Bonchev–Trinajstić information content (AvgIpc) is 3.61. The molecule has 1 aromatic heterocycles. The molecule has 0 atom stereocenters. The minimum absolute atomic E-state index is 0. The molecule has 1 aliphatic heterocycles. The first-order valence-corrected chi connectivity index (χ1v) is 15.6. The predicted octanol–water partition coefficient (Wildman–Crippen LogP) is 9.73. The van der Waals surface area contributed by atoms with Gasteiger partial charge in [-0.05, 0) is 45.6 Å². The predicted molar refractivity (Wildman–Crippen MR) is 183 cm³/mol. The van der Waals surface area contributed by atoms with Crippen LogP contribution in [0.15, 0.2) is 97.1 Å². The van der Waals surface area contributed by atoms with E-state index in [0.29, 0.717) is 23.7 Å². The van der Waals surface area contributed by atoms with Gasteiger partial charge in [0, 0.05) is 0 Å². The largest absolute Gasteiger partial charge is 2.00 e. The van der Waals surface area contributed by atoms with Crippen molar-refractivity contribution in [3.8, 4) is 0 Å². The maximum absolute atomic E-state index is 4.52. The number of aromatic nitrogens is 1. The first kappa shape index (κ1) is 32.6. The molecule has 5 aromatic rings. The zero-order valence-electron chi connectivity index (χ0n) is 26.8. The van der Waals surface area contributed by atoms with Gasteiger partial charge in [-0.2, -0.15) is 0 Å². The molecule has 0 bridgehead atoms. The maximum Gasteiger partial charge on any atom is 2.00 e. The van der Waals surface area contributed by atoms with Gasteiger partial charge in [-0.1, -0.05) is 157 Å². The molecular formula is C39H44BCuN2+. The van der Waals surface area contributed by atoms with E-state index in [2.05, 4.69) is 156 Å². The van der Waals surface area contributed by atoms with Crippen LogP contribution in [0, 0.1) is 0 Å². The number of nitrogens with zero attached hydrogens (tertiary/aromatic N) is 2. The molecule has 0 fully saturated rings. The Morgan fingerprint density at radius 2 is 0.977 bits per heavy atom. The first-order valence-electron chi connectivity index (χ1n) is 15.6. The van der Waals surface area contributed by atoms with Gasteiger partial charge >= 0.3 is 17.1 Å². The molecule has 0 saturated heterocycles. The van der Waals surface area contributed by atoms with Crippen LogP contribution < -0.4 is 10.4 Å². The smallest absolute Gasteiger partial charge is 0.657 e. The van der Waals surface area contributed by atoms with E-state index in [1.54, 1.807) is 0 Å². The maximum atomic E-state index is 4.52. The standard InChI is InChI=1S/C27H36BN.C12H8N.Cu/c1-18(2)22-11-9-12-23(19(3)4)26(22)28-15-16-29(17-28)27-24(20(5)6)13-10-14-25(27)21(7)8;1-3-7-11-9(5-1)10-6-2-4-8-12(10)13-11;/h9-16,18-21H,1-8H3;1-8H;/q;-1;+2. The van der Waals surface area contributed by atoms with E-state index in [1.165, 1.54) is 44.2 Å². The number of hydrogen-bond acceptors (Lipinski definition) is 0. The molecule has 6 rings (SSSR count). The molecule has 4 aromatic carbocycles. The molecule has 0 spiro atoms. The molecule has 1 radical (unpaired) electrons. The topological polar surface area (TPSA) is 17.1 Å². The van der Waals surface area contributed by atoms with E-state index >= 15 is 0 Å². The van der Waals surface area contributed by atoms with Gasteiger partial charge in [-0.3, -0.25) is 0 Å².